The average molecular weight is 313 g/mol. The Balaban J connectivity index is 1.78. The highest BCUT2D eigenvalue weighted by molar-refractivity contribution is 6.30. The fourth-order valence-corrected chi connectivity index (χ4v) is 2.38. The first-order valence-corrected chi connectivity index (χ1v) is 7.43. The summed E-state index contributed by atoms with van der Waals surface area (Å²) in [6.45, 7) is 5.55. The van der Waals surface area contributed by atoms with Crippen molar-refractivity contribution >= 4 is 23.6 Å². The van der Waals surface area contributed by atoms with Crippen LogP contribution in [0.25, 0.3) is 0 Å². The molecule has 1 aliphatic carbocycles. The number of hydrogen-bond donors (Lipinski definition) is 2. The smallest absolute Gasteiger partial charge is 0.407 e. The van der Waals surface area contributed by atoms with Crippen molar-refractivity contribution in [2.24, 2.45) is 0 Å². The molecule has 116 valence electrons. The van der Waals surface area contributed by atoms with Crippen molar-refractivity contribution in [3.8, 4) is 0 Å². The topological polar surface area (TPSA) is 76.1 Å². The van der Waals surface area contributed by atoms with Crippen LogP contribution in [-0.4, -0.2) is 33.7 Å². The van der Waals surface area contributed by atoms with Gasteiger partial charge in [0.15, 0.2) is 0 Å². The zero-order chi connectivity index (χ0) is 15.5. The molecule has 0 radical (unpaired) electrons. The van der Waals surface area contributed by atoms with E-state index in [-0.39, 0.29) is 18.2 Å². The van der Waals surface area contributed by atoms with E-state index < -0.39 is 5.60 Å². The van der Waals surface area contributed by atoms with Crippen LogP contribution in [0.4, 0.5) is 10.7 Å². The summed E-state index contributed by atoms with van der Waals surface area (Å²) in [6.07, 6.45) is 5.43. The first-order chi connectivity index (χ1) is 9.82. The Morgan fingerprint density at radius 3 is 2.52 bits per heavy atom. The number of carbonyl (C=O) groups excluding carboxylic acids is 1. The number of aromatic nitrogens is 2. The summed E-state index contributed by atoms with van der Waals surface area (Å²) in [6, 6.07) is 0.357. The summed E-state index contributed by atoms with van der Waals surface area (Å²) in [5.41, 5.74) is -0.475. The Morgan fingerprint density at radius 2 is 1.90 bits per heavy atom. The Morgan fingerprint density at radius 1 is 1.29 bits per heavy atom. The van der Waals surface area contributed by atoms with Crippen LogP contribution in [0.3, 0.4) is 0 Å². The lowest BCUT2D eigenvalue weighted by molar-refractivity contribution is 0.0505. The summed E-state index contributed by atoms with van der Waals surface area (Å²) in [5, 5.41) is 6.65. The minimum Gasteiger partial charge on any atom is -0.444 e. The van der Waals surface area contributed by atoms with Gasteiger partial charge in [0, 0.05) is 12.1 Å². The van der Waals surface area contributed by atoms with E-state index in [1.54, 1.807) is 12.4 Å². The quantitative estimate of drug-likeness (QED) is 0.897. The third-order valence-corrected chi connectivity index (χ3v) is 3.30. The number of rotatable bonds is 3. The molecule has 1 heterocycles. The first kappa shape index (κ1) is 15.8. The monoisotopic (exact) mass is 312 g/mol. The molecular formula is C14H21ClN4O2. The molecule has 2 rings (SSSR count). The number of anilines is 1. The molecule has 0 bridgehead atoms. The Kier molecular flexibility index (Phi) is 4.88. The summed E-state index contributed by atoms with van der Waals surface area (Å²) >= 11 is 5.75. The van der Waals surface area contributed by atoms with E-state index in [1.807, 2.05) is 20.8 Å². The number of carbonyl (C=O) groups is 1. The Bertz CT molecular complexity index is 487. The van der Waals surface area contributed by atoms with E-state index in [0.29, 0.717) is 11.0 Å². The third-order valence-electron chi connectivity index (χ3n) is 3.11. The van der Waals surface area contributed by atoms with Gasteiger partial charge in [0.2, 0.25) is 5.95 Å². The van der Waals surface area contributed by atoms with Gasteiger partial charge in [0.1, 0.15) is 5.60 Å². The molecule has 2 atom stereocenters. The van der Waals surface area contributed by atoms with E-state index in [1.165, 1.54) is 0 Å². The van der Waals surface area contributed by atoms with Crippen molar-refractivity contribution in [2.75, 3.05) is 5.32 Å². The second-order valence-electron chi connectivity index (χ2n) is 6.22. The fraction of sp³-hybridized carbons (Fsp3) is 0.643. The summed E-state index contributed by atoms with van der Waals surface area (Å²) in [7, 11) is 0. The molecule has 1 fully saturated rings. The normalized spacial score (nSPS) is 21.9. The van der Waals surface area contributed by atoms with Gasteiger partial charge in [-0.25, -0.2) is 14.8 Å². The molecule has 0 aliphatic heterocycles. The van der Waals surface area contributed by atoms with Crippen LogP contribution in [0, 0.1) is 0 Å². The van der Waals surface area contributed by atoms with Gasteiger partial charge in [-0.05, 0) is 40.0 Å². The maximum Gasteiger partial charge on any atom is 0.407 e. The van der Waals surface area contributed by atoms with Gasteiger partial charge >= 0.3 is 6.09 Å². The largest absolute Gasteiger partial charge is 0.444 e. The van der Waals surface area contributed by atoms with Crippen molar-refractivity contribution in [3.63, 3.8) is 0 Å². The molecule has 0 aromatic carbocycles. The van der Waals surface area contributed by atoms with E-state index in [4.69, 9.17) is 16.3 Å². The third kappa shape index (κ3) is 5.38. The van der Waals surface area contributed by atoms with Gasteiger partial charge in [-0.15, -0.1) is 0 Å². The molecule has 1 aliphatic rings. The molecule has 1 aromatic rings. The van der Waals surface area contributed by atoms with E-state index in [0.717, 1.165) is 19.3 Å². The maximum absolute atomic E-state index is 11.7. The molecule has 0 unspecified atom stereocenters. The van der Waals surface area contributed by atoms with Crippen LogP contribution in [0.1, 0.15) is 40.0 Å². The fourth-order valence-electron chi connectivity index (χ4n) is 2.29. The van der Waals surface area contributed by atoms with Crippen molar-refractivity contribution in [2.45, 2.75) is 57.7 Å². The first-order valence-electron chi connectivity index (χ1n) is 7.05. The SMILES string of the molecule is CC(C)(C)OC(=O)N[C@H]1CC[C@H](Nc2ncc(Cl)cn2)C1. The predicted octanol–water partition coefficient (Wildman–Crippen LogP) is 2.99. The van der Waals surface area contributed by atoms with Gasteiger partial charge in [-0.2, -0.15) is 0 Å². The van der Waals surface area contributed by atoms with Crippen molar-refractivity contribution in [1.82, 2.24) is 15.3 Å². The highest BCUT2D eigenvalue weighted by atomic mass is 35.5. The number of halogens is 1. The number of nitrogens with one attached hydrogen (secondary N) is 2. The van der Waals surface area contributed by atoms with Gasteiger partial charge in [0.05, 0.1) is 17.4 Å². The predicted molar refractivity (Wildman–Crippen MR) is 81.5 cm³/mol. The number of hydrogen-bond acceptors (Lipinski definition) is 5. The molecule has 21 heavy (non-hydrogen) atoms. The van der Waals surface area contributed by atoms with Crippen LogP contribution < -0.4 is 10.6 Å². The van der Waals surface area contributed by atoms with Crippen LogP contribution in [-0.2, 0) is 4.74 Å². The molecule has 1 saturated carbocycles. The van der Waals surface area contributed by atoms with Crippen LogP contribution in [0.2, 0.25) is 5.02 Å². The van der Waals surface area contributed by atoms with Crippen LogP contribution >= 0.6 is 11.6 Å². The van der Waals surface area contributed by atoms with E-state index in [9.17, 15) is 4.79 Å². The Hall–Kier alpha value is -1.56. The van der Waals surface area contributed by atoms with Crippen LogP contribution in [0.15, 0.2) is 12.4 Å². The minimum atomic E-state index is -0.475. The summed E-state index contributed by atoms with van der Waals surface area (Å²) in [5.74, 6) is 0.558. The standard InChI is InChI=1S/C14H21ClN4O2/c1-14(2,3)21-13(20)19-11-5-4-10(6-11)18-12-16-7-9(15)8-17-12/h7-8,10-11H,4-6H2,1-3H3,(H,19,20)(H,16,17,18)/t10-,11-/m0/s1. The van der Waals surface area contributed by atoms with Crippen molar-refractivity contribution in [3.05, 3.63) is 17.4 Å². The second-order valence-corrected chi connectivity index (χ2v) is 6.66. The van der Waals surface area contributed by atoms with Crippen LogP contribution in [0.5, 0.6) is 0 Å². The maximum atomic E-state index is 11.7. The van der Waals surface area contributed by atoms with Gasteiger partial charge in [-0.1, -0.05) is 11.6 Å². The lowest BCUT2D eigenvalue weighted by atomic mass is 10.2. The minimum absolute atomic E-state index is 0.115. The molecule has 0 spiro atoms. The lowest BCUT2D eigenvalue weighted by Gasteiger charge is -2.21. The van der Waals surface area contributed by atoms with Gasteiger partial charge < -0.3 is 15.4 Å². The molecule has 0 saturated heterocycles. The molecular weight excluding hydrogens is 292 g/mol. The van der Waals surface area contributed by atoms with Crippen molar-refractivity contribution in [1.29, 1.82) is 0 Å². The molecule has 1 amide bonds. The second kappa shape index (κ2) is 6.47. The molecule has 7 heteroatoms. The van der Waals surface area contributed by atoms with Gasteiger partial charge in [-0.3, -0.25) is 0 Å². The molecule has 2 N–H and O–H groups in total. The van der Waals surface area contributed by atoms with Gasteiger partial charge in [0.25, 0.3) is 0 Å². The molecule has 6 nitrogen and oxygen atoms in total. The zero-order valence-corrected chi connectivity index (χ0v) is 13.3. The highest BCUT2D eigenvalue weighted by Crippen LogP contribution is 2.22. The average Bonchev–Trinajstić information content (AvgIpc) is 2.77. The summed E-state index contributed by atoms with van der Waals surface area (Å²) in [4.78, 5) is 19.9. The zero-order valence-electron chi connectivity index (χ0n) is 12.5. The number of ether oxygens (including phenoxy) is 1. The molecule has 1 aromatic heterocycles. The number of amides is 1. The summed E-state index contributed by atoms with van der Waals surface area (Å²) < 4.78 is 5.26. The van der Waals surface area contributed by atoms with Crippen molar-refractivity contribution < 1.29 is 9.53 Å². The van der Waals surface area contributed by atoms with E-state index in [2.05, 4.69) is 20.6 Å². The number of nitrogens with zero attached hydrogens (tertiary/aromatic N) is 2. The number of alkyl carbamates (subject to hydrolysis) is 1. The highest BCUT2D eigenvalue weighted by Gasteiger charge is 2.28. The lowest BCUT2D eigenvalue weighted by Crippen LogP contribution is -2.38. The van der Waals surface area contributed by atoms with E-state index >= 15 is 0 Å². The Labute approximate surface area is 129 Å².